The van der Waals surface area contributed by atoms with Crippen molar-refractivity contribution >= 4 is 27.8 Å². The van der Waals surface area contributed by atoms with E-state index in [0.29, 0.717) is 12.1 Å². The van der Waals surface area contributed by atoms with Crippen molar-refractivity contribution in [3.05, 3.63) is 64.1 Å². The van der Waals surface area contributed by atoms with Crippen molar-refractivity contribution in [2.45, 2.75) is 6.54 Å². The van der Waals surface area contributed by atoms with E-state index in [4.69, 9.17) is 9.47 Å². The third-order valence-corrected chi connectivity index (χ3v) is 3.57. The molecule has 0 unspecified atom stereocenters. The predicted molar refractivity (Wildman–Crippen MR) is 89.3 cm³/mol. The molecule has 0 bridgehead atoms. The summed E-state index contributed by atoms with van der Waals surface area (Å²) in [6.07, 6.45) is 0. The maximum absolute atomic E-state index is 11.8. The summed E-state index contributed by atoms with van der Waals surface area (Å²) in [4.78, 5) is 23.5. The molecule has 0 fully saturated rings. The number of amides is 1. The predicted octanol–water partition coefficient (Wildman–Crippen LogP) is 2.93. The third kappa shape index (κ3) is 5.41. The van der Waals surface area contributed by atoms with E-state index in [0.717, 1.165) is 15.8 Å². The fraction of sp³-hybridized carbons (Fsp3) is 0.176. The lowest BCUT2D eigenvalue weighted by Gasteiger charge is -2.08. The van der Waals surface area contributed by atoms with E-state index >= 15 is 0 Å². The van der Waals surface area contributed by atoms with Gasteiger partial charge in [0, 0.05) is 11.0 Å². The molecule has 1 amide bonds. The number of hydrogen-bond acceptors (Lipinski definition) is 4. The molecule has 0 saturated heterocycles. The summed E-state index contributed by atoms with van der Waals surface area (Å²) in [6, 6.07) is 14.1. The van der Waals surface area contributed by atoms with Crippen LogP contribution in [0.4, 0.5) is 0 Å². The molecule has 0 aliphatic heterocycles. The minimum absolute atomic E-state index is 0.321. The molecule has 0 saturated carbocycles. The molecule has 6 heteroatoms. The summed E-state index contributed by atoms with van der Waals surface area (Å²) < 4.78 is 11.0. The van der Waals surface area contributed by atoms with Gasteiger partial charge in [-0.3, -0.25) is 4.79 Å². The lowest BCUT2D eigenvalue weighted by atomic mass is 10.2. The average Bonchev–Trinajstić information content (AvgIpc) is 2.58. The number of rotatable bonds is 6. The monoisotopic (exact) mass is 377 g/mol. The zero-order chi connectivity index (χ0) is 16.7. The van der Waals surface area contributed by atoms with E-state index in [1.807, 2.05) is 24.3 Å². The van der Waals surface area contributed by atoms with E-state index in [2.05, 4.69) is 21.2 Å². The van der Waals surface area contributed by atoms with Gasteiger partial charge >= 0.3 is 5.97 Å². The van der Waals surface area contributed by atoms with Crippen molar-refractivity contribution in [1.82, 2.24) is 5.32 Å². The Bertz CT molecular complexity index is 685. The molecule has 0 radical (unpaired) electrons. The standard InChI is InChI=1S/C17H16BrNO4/c1-22-15-4-2-3-12(9-15)10-19-16(20)11-23-17(21)13-5-7-14(18)8-6-13/h2-9H,10-11H2,1H3,(H,19,20). The van der Waals surface area contributed by atoms with Crippen LogP contribution in [0.25, 0.3) is 0 Å². The topological polar surface area (TPSA) is 64.6 Å². The minimum atomic E-state index is -0.533. The fourth-order valence-electron chi connectivity index (χ4n) is 1.83. The number of halogens is 1. The third-order valence-electron chi connectivity index (χ3n) is 3.04. The highest BCUT2D eigenvalue weighted by molar-refractivity contribution is 9.10. The molecule has 1 N–H and O–H groups in total. The van der Waals surface area contributed by atoms with Gasteiger partial charge in [-0.1, -0.05) is 28.1 Å². The van der Waals surface area contributed by atoms with Crippen LogP contribution in [0.15, 0.2) is 53.0 Å². The smallest absolute Gasteiger partial charge is 0.338 e. The van der Waals surface area contributed by atoms with Crippen molar-refractivity contribution in [1.29, 1.82) is 0 Å². The second kappa shape index (κ2) is 8.33. The summed E-state index contributed by atoms with van der Waals surface area (Å²) in [5.41, 5.74) is 1.30. The van der Waals surface area contributed by atoms with Gasteiger partial charge in [-0.15, -0.1) is 0 Å². The Kier molecular flexibility index (Phi) is 6.17. The Morgan fingerprint density at radius 2 is 1.87 bits per heavy atom. The van der Waals surface area contributed by atoms with E-state index in [-0.39, 0.29) is 12.5 Å². The highest BCUT2D eigenvalue weighted by Gasteiger charge is 2.10. The lowest BCUT2D eigenvalue weighted by molar-refractivity contribution is -0.124. The first kappa shape index (κ1) is 17.0. The fourth-order valence-corrected chi connectivity index (χ4v) is 2.10. The van der Waals surface area contributed by atoms with Gasteiger partial charge < -0.3 is 14.8 Å². The molecule has 2 rings (SSSR count). The zero-order valence-corrected chi connectivity index (χ0v) is 14.1. The highest BCUT2D eigenvalue weighted by Crippen LogP contribution is 2.12. The first-order valence-electron chi connectivity index (χ1n) is 6.91. The van der Waals surface area contributed by atoms with E-state index in [1.54, 1.807) is 31.4 Å². The molecule has 120 valence electrons. The molecule has 0 spiro atoms. The second-order valence-electron chi connectivity index (χ2n) is 4.71. The van der Waals surface area contributed by atoms with Gasteiger partial charge in [0.2, 0.25) is 0 Å². The van der Waals surface area contributed by atoms with Crippen LogP contribution in [0.2, 0.25) is 0 Å². The van der Waals surface area contributed by atoms with E-state index in [1.165, 1.54) is 0 Å². The minimum Gasteiger partial charge on any atom is -0.497 e. The quantitative estimate of drug-likeness (QED) is 0.786. The van der Waals surface area contributed by atoms with Crippen LogP contribution in [-0.2, 0) is 16.1 Å². The summed E-state index contributed by atoms with van der Waals surface area (Å²) in [5.74, 6) is -0.175. The summed E-state index contributed by atoms with van der Waals surface area (Å²) in [5, 5.41) is 2.69. The zero-order valence-electron chi connectivity index (χ0n) is 12.5. The second-order valence-corrected chi connectivity index (χ2v) is 5.63. The van der Waals surface area contributed by atoms with Crippen LogP contribution < -0.4 is 10.1 Å². The number of esters is 1. The molecular formula is C17H16BrNO4. The average molecular weight is 378 g/mol. The Hall–Kier alpha value is -2.34. The molecule has 23 heavy (non-hydrogen) atoms. The highest BCUT2D eigenvalue weighted by atomic mass is 79.9. The summed E-state index contributed by atoms with van der Waals surface area (Å²) in [7, 11) is 1.58. The first-order chi connectivity index (χ1) is 11.1. The number of carbonyl (C=O) groups is 2. The van der Waals surface area contributed by atoms with E-state index in [9.17, 15) is 9.59 Å². The summed E-state index contributed by atoms with van der Waals surface area (Å²) in [6.45, 7) is 0.0186. The van der Waals surface area contributed by atoms with Gasteiger partial charge in [0.25, 0.3) is 5.91 Å². The summed E-state index contributed by atoms with van der Waals surface area (Å²) >= 11 is 3.28. The number of methoxy groups -OCH3 is 1. The first-order valence-corrected chi connectivity index (χ1v) is 7.70. The molecule has 0 heterocycles. The number of benzene rings is 2. The molecule has 0 atom stereocenters. The van der Waals surface area contributed by atoms with Gasteiger partial charge in [0.1, 0.15) is 5.75 Å². The van der Waals surface area contributed by atoms with Crippen molar-refractivity contribution in [2.75, 3.05) is 13.7 Å². The van der Waals surface area contributed by atoms with Crippen molar-refractivity contribution < 1.29 is 19.1 Å². The molecule has 2 aromatic rings. The van der Waals surface area contributed by atoms with Gasteiger partial charge in [-0.2, -0.15) is 0 Å². The number of carbonyl (C=O) groups excluding carboxylic acids is 2. The molecule has 5 nitrogen and oxygen atoms in total. The van der Waals surface area contributed by atoms with Crippen LogP contribution in [0.5, 0.6) is 5.75 Å². The van der Waals surface area contributed by atoms with Crippen LogP contribution in [0.1, 0.15) is 15.9 Å². The van der Waals surface area contributed by atoms with Crippen molar-refractivity contribution in [3.63, 3.8) is 0 Å². The lowest BCUT2D eigenvalue weighted by Crippen LogP contribution is -2.28. The Morgan fingerprint density at radius 3 is 2.57 bits per heavy atom. The van der Waals surface area contributed by atoms with Gasteiger partial charge in [0.15, 0.2) is 6.61 Å². The number of ether oxygens (including phenoxy) is 2. The Morgan fingerprint density at radius 1 is 1.13 bits per heavy atom. The van der Waals surface area contributed by atoms with E-state index < -0.39 is 5.97 Å². The molecule has 2 aromatic carbocycles. The van der Waals surface area contributed by atoms with Gasteiger partial charge in [-0.25, -0.2) is 4.79 Å². The van der Waals surface area contributed by atoms with Crippen LogP contribution in [0, 0.1) is 0 Å². The molecule has 0 aliphatic rings. The van der Waals surface area contributed by atoms with Crippen LogP contribution >= 0.6 is 15.9 Å². The Labute approximate surface area is 142 Å². The van der Waals surface area contributed by atoms with Crippen molar-refractivity contribution in [3.8, 4) is 5.75 Å². The van der Waals surface area contributed by atoms with Gasteiger partial charge in [-0.05, 0) is 42.0 Å². The largest absolute Gasteiger partial charge is 0.497 e. The van der Waals surface area contributed by atoms with Crippen molar-refractivity contribution in [2.24, 2.45) is 0 Å². The van der Waals surface area contributed by atoms with Crippen LogP contribution in [-0.4, -0.2) is 25.6 Å². The molecular weight excluding hydrogens is 362 g/mol. The SMILES string of the molecule is COc1cccc(CNC(=O)COC(=O)c2ccc(Br)cc2)c1. The molecule has 0 aliphatic carbocycles. The maximum atomic E-state index is 11.8. The molecule has 0 aromatic heterocycles. The maximum Gasteiger partial charge on any atom is 0.338 e. The number of nitrogens with one attached hydrogen (secondary N) is 1. The normalized spacial score (nSPS) is 10.0. The van der Waals surface area contributed by atoms with Gasteiger partial charge in [0.05, 0.1) is 12.7 Å². The number of hydrogen-bond donors (Lipinski definition) is 1. The van der Waals surface area contributed by atoms with Crippen LogP contribution in [0.3, 0.4) is 0 Å². The Balaban J connectivity index is 1.78.